The number of carbonyl (C=O) groups excluding carboxylic acids is 1. The van der Waals surface area contributed by atoms with E-state index < -0.39 is 12.0 Å². The third-order valence-electron chi connectivity index (χ3n) is 1.44. The van der Waals surface area contributed by atoms with Crippen molar-refractivity contribution in [2.75, 3.05) is 5.75 Å². The Kier molecular flexibility index (Phi) is 7.27. The van der Waals surface area contributed by atoms with Crippen LogP contribution in [0, 0.1) is 0 Å². The minimum Gasteiger partial charge on any atom is -0.480 e. The summed E-state index contributed by atoms with van der Waals surface area (Å²) in [6, 6.07) is -0.847. The first-order chi connectivity index (χ1) is 6.93. The minimum atomic E-state index is -1.01. The van der Waals surface area contributed by atoms with E-state index in [0.717, 1.165) is 0 Å². The fourth-order valence-corrected chi connectivity index (χ4v) is 1.79. The molecule has 0 amide bonds. The topological polar surface area (TPSA) is 92.4 Å². The molecule has 0 radical (unpaired) electrons. The average molecular weight is 250 g/mol. The van der Waals surface area contributed by atoms with Gasteiger partial charge in [-0.15, -0.1) is 0 Å². The molecule has 0 heterocycles. The van der Waals surface area contributed by atoms with E-state index in [1.54, 1.807) is 0 Å². The van der Waals surface area contributed by atoms with Crippen molar-refractivity contribution in [2.24, 2.45) is 5.73 Å². The summed E-state index contributed by atoms with van der Waals surface area (Å²) in [7, 11) is 0. The van der Waals surface area contributed by atoms with Crippen molar-refractivity contribution in [2.45, 2.75) is 25.8 Å². The molecule has 7 heteroatoms. The highest BCUT2D eigenvalue weighted by atomic mass is 32.2. The Hall–Kier alpha value is -0.660. The zero-order valence-electron chi connectivity index (χ0n) is 8.36. The molecule has 0 unspecified atom stereocenters. The summed E-state index contributed by atoms with van der Waals surface area (Å²) in [6.07, 6.45) is 0.572. The zero-order valence-corrected chi connectivity index (χ0v) is 9.99. The highest BCUT2D eigenvalue weighted by Crippen LogP contribution is 2.01. The van der Waals surface area contributed by atoms with Crippen LogP contribution in [0.1, 0.15) is 19.8 Å². The molecule has 1 atom stereocenters. The quantitative estimate of drug-likeness (QED) is 0.341. The Bertz CT molecular complexity index is 258. The number of carboxylic acid groups (broad SMARTS) is 1. The minimum absolute atomic E-state index is 0.00432. The van der Waals surface area contributed by atoms with Crippen molar-refractivity contribution in [3.63, 3.8) is 0 Å². The second-order valence-electron chi connectivity index (χ2n) is 2.99. The molecule has 0 fully saturated rings. The fraction of sp³-hybridized carbons (Fsp3) is 0.625. The van der Waals surface area contributed by atoms with Gasteiger partial charge in [0.15, 0.2) is 0 Å². The number of nitrogens with two attached hydrogens (primary N) is 1. The lowest BCUT2D eigenvalue weighted by molar-refractivity contribution is -0.138. The number of hydrogen-bond acceptors (Lipinski definition) is 5. The van der Waals surface area contributed by atoms with Gasteiger partial charge in [0.1, 0.15) is 11.8 Å². The Labute approximate surface area is 97.9 Å². The lowest BCUT2D eigenvalue weighted by Gasteiger charge is -2.07. The summed E-state index contributed by atoms with van der Waals surface area (Å²) in [6.45, 7) is 1.46. The van der Waals surface area contributed by atoms with Crippen molar-refractivity contribution in [1.29, 1.82) is 0 Å². The summed E-state index contributed by atoms with van der Waals surface area (Å²) >= 11 is 6.12. The maximum atomic E-state index is 10.6. The normalized spacial score (nSPS) is 11.9. The summed E-state index contributed by atoms with van der Waals surface area (Å²) in [5.41, 5.74) is 5.29. The van der Waals surface area contributed by atoms with Crippen LogP contribution in [0.2, 0.25) is 0 Å². The van der Waals surface area contributed by atoms with Gasteiger partial charge in [-0.2, -0.15) is 0 Å². The predicted octanol–water partition coefficient (Wildman–Crippen LogP) is 0.333. The van der Waals surface area contributed by atoms with Gasteiger partial charge in [-0.05, 0) is 13.3 Å². The van der Waals surface area contributed by atoms with Gasteiger partial charge in [0, 0.05) is 5.75 Å². The van der Waals surface area contributed by atoms with Crippen LogP contribution in [-0.4, -0.2) is 33.6 Å². The highest BCUT2D eigenvalue weighted by molar-refractivity contribution is 7.98. The monoisotopic (exact) mass is 250 g/mol. The molecule has 5 nitrogen and oxygen atoms in total. The summed E-state index contributed by atoms with van der Waals surface area (Å²) < 4.78 is 2.79. The van der Waals surface area contributed by atoms with Crippen LogP contribution in [0.25, 0.3) is 0 Å². The lowest BCUT2D eigenvalue weighted by Crippen LogP contribution is -2.31. The maximum absolute atomic E-state index is 10.6. The number of rotatable bonds is 7. The molecule has 0 aromatic rings. The van der Waals surface area contributed by atoms with Crippen LogP contribution < -0.4 is 10.5 Å². The third kappa shape index (κ3) is 8.34. The second kappa shape index (κ2) is 7.61. The molecule has 0 aromatic carbocycles. The molecule has 0 aromatic heterocycles. The lowest BCUT2D eigenvalue weighted by atomic mass is 10.2. The van der Waals surface area contributed by atoms with Gasteiger partial charge in [-0.1, -0.05) is 24.2 Å². The largest absolute Gasteiger partial charge is 0.480 e. The molecule has 15 heavy (non-hydrogen) atoms. The van der Waals surface area contributed by atoms with Gasteiger partial charge in [0.25, 0.3) is 0 Å². The first-order valence-corrected chi connectivity index (χ1v) is 5.71. The summed E-state index contributed by atoms with van der Waals surface area (Å²) in [5, 5.41) is 8.48. The number of thiocarbonyl (C=S) groups is 1. The number of carboxylic acids is 1. The van der Waals surface area contributed by atoms with Gasteiger partial charge in [-0.3, -0.25) is 9.59 Å². The van der Waals surface area contributed by atoms with Gasteiger partial charge in [0.05, 0.1) is 11.4 Å². The van der Waals surface area contributed by atoms with E-state index in [2.05, 4.69) is 4.72 Å². The average Bonchev–Trinajstić information content (AvgIpc) is 2.10. The van der Waals surface area contributed by atoms with Crippen LogP contribution in [0.15, 0.2) is 0 Å². The van der Waals surface area contributed by atoms with E-state index >= 15 is 0 Å². The van der Waals surface area contributed by atoms with E-state index in [1.807, 2.05) is 0 Å². The maximum Gasteiger partial charge on any atom is 0.320 e. The van der Waals surface area contributed by atoms with Crippen LogP contribution in [-0.2, 0) is 9.59 Å². The summed E-state index contributed by atoms with van der Waals surface area (Å²) in [5.74, 6) is -0.483. The molecular formula is C8H14N2O3S2. The van der Waals surface area contributed by atoms with E-state index in [9.17, 15) is 9.59 Å². The third-order valence-corrected chi connectivity index (χ3v) is 2.65. The second-order valence-corrected chi connectivity index (χ2v) is 4.38. The van der Waals surface area contributed by atoms with E-state index in [-0.39, 0.29) is 12.2 Å². The first kappa shape index (κ1) is 14.3. The van der Waals surface area contributed by atoms with Crippen LogP contribution >= 0.6 is 24.2 Å². The SMILES string of the molecule is CC(=O)CC(=S)NSCC[C@H](N)C(=O)O. The molecule has 4 N–H and O–H groups in total. The van der Waals surface area contributed by atoms with Gasteiger partial charge >= 0.3 is 5.97 Å². The van der Waals surface area contributed by atoms with Crippen molar-refractivity contribution < 1.29 is 14.7 Å². The standard InChI is InChI=1S/C8H14N2O3S2/c1-5(11)4-7(14)10-15-3-2-6(9)8(12)13/h6H,2-4,9H2,1H3,(H,10,14)(H,12,13)/t6-/m0/s1. The Morgan fingerprint density at radius 2 is 2.20 bits per heavy atom. The van der Waals surface area contributed by atoms with Gasteiger partial charge in [0.2, 0.25) is 0 Å². The zero-order chi connectivity index (χ0) is 11.8. The number of hydrogen-bond donors (Lipinski definition) is 3. The molecule has 0 aliphatic rings. The van der Waals surface area contributed by atoms with Gasteiger partial charge < -0.3 is 15.6 Å². The molecule has 0 aliphatic carbocycles. The van der Waals surface area contributed by atoms with Crippen LogP contribution in [0.5, 0.6) is 0 Å². The first-order valence-electron chi connectivity index (χ1n) is 4.32. The Morgan fingerprint density at radius 3 is 2.67 bits per heavy atom. The molecule has 0 spiro atoms. The van der Waals surface area contributed by atoms with Gasteiger partial charge in [-0.25, -0.2) is 0 Å². The highest BCUT2D eigenvalue weighted by Gasteiger charge is 2.10. The molecule has 0 rings (SSSR count). The van der Waals surface area contributed by atoms with Crippen molar-refractivity contribution in [1.82, 2.24) is 4.72 Å². The Morgan fingerprint density at radius 1 is 1.60 bits per heavy atom. The summed E-state index contributed by atoms with van der Waals surface area (Å²) in [4.78, 5) is 21.5. The Balaban J connectivity index is 3.50. The molecule has 0 saturated carbocycles. The number of nitrogens with one attached hydrogen (secondary N) is 1. The number of ketones is 1. The van der Waals surface area contributed by atoms with E-state index in [1.165, 1.54) is 18.9 Å². The van der Waals surface area contributed by atoms with Crippen LogP contribution in [0.4, 0.5) is 0 Å². The molecule has 86 valence electrons. The number of Topliss-reactive ketones (excluding diaryl/α,β-unsaturated/α-hetero) is 1. The molecule has 0 saturated heterocycles. The van der Waals surface area contributed by atoms with Crippen molar-refractivity contribution in [3.8, 4) is 0 Å². The molecule has 0 bridgehead atoms. The number of carbonyl (C=O) groups is 2. The van der Waals surface area contributed by atoms with Crippen molar-refractivity contribution >= 4 is 40.9 Å². The number of aliphatic carboxylic acids is 1. The molecular weight excluding hydrogens is 236 g/mol. The molecule has 0 aliphatic heterocycles. The van der Waals surface area contributed by atoms with E-state index in [4.69, 9.17) is 23.1 Å². The fourth-order valence-electron chi connectivity index (χ4n) is 0.703. The van der Waals surface area contributed by atoms with Crippen molar-refractivity contribution in [3.05, 3.63) is 0 Å². The van der Waals surface area contributed by atoms with Crippen LogP contribution in [0.3, 0.4) is 0 Å². The predicted molar refractivity (Wildman–Crippen MR) is 63.7 cm³/mol. The van der Waals surface area contributed by atoms with E-state index in [0.29, 0.717) is 17.2 Å². The smallest absolute Gasteiger partial charge is 0.320 e.